The van der Waals surface area contributed by atoms with Crippen LogP contribution < -0.4 is 14.8 Å². The van der Waals surface area contributed by atoms with Gasteiger partial charge < -0.3 is 10.1 Å². The number of sulfonamides is 1. The first kappa shape index (κ1) is 14.0. The van der Waals surface area contributed by atoms with E-state index in [4.69, 9.17) is 4.74 Å². The van der Waals surface area contributed by atoms with Crippen molar-refractivity contribution in [3.63, 3.8) is 0 Å². The second-order valence-corrected chi connectivity index (χ2v) is 5.55. The Bertz CT molecular complexity index is 442. The number of rotatable bonds is 6. The van der Waals surface area contributed by atoms with E-state index in [1.807, 2.05) is 14.0 Å². The summed E-state index contributed by atoms with van der Waals surface area (Å²) in [5, 5.41) is 3.00. The van der Waals surface area contributed by atoms with E-state index in [0.29, 0.717) is 5.75 Å². The summed E-state index contributed by atoms with van der Waals surface area (Å²) in [6.45, 7) is 2.67. The number of nitrogens with one attached hydrogen (secondary N) is 2. The zero-order valence-corrected chi connectivity index (χ0v) is 11.0. The molecule has 96 valence electrons. The average Bonchev–Trinajstić information content (AvgIpc) is 2.30. The molecule has 0 aliphatic rings. The second-order valence-electron chi connectivity index (χ2n) is 3.67. The lowest BCUT2D eigenvalue weighted by Gasteiger charge is -2.14. The smallest absolute Gasteiger partial charge is 0.240 e. The fraction of sp³-hybridized carbons (Fsp3) is 0.455. The van der Waals surface area contributed by atoms with Crippen molar-refractivity contribution in [3.8, 4) is 5.75 Å². The predicted molar refractivity (Wildman–Crippen MR) is 66.7 cm³/mol. The lowest BCUT2D eigenvalue weighted by atomic mass is 10.3. The van der Waals surface area contributed by atoms with Crippen LogP contribution in [0.4, 0.5) is 0 Å². The van der Waals surface area contributed by atoms with Crippen LogP contribution in [-0.4, -0.2) is 35.2 Å². The third-order valence-corrected chi connectivity index (χ3v) is 3.66. The van der Waals surface area contributed by atoms with Gasteiger partial charge in [-0.2, -0.15) is 0 Å². The average molecular weight is 258 g/mol. The molecule has 1 rings (SSSR count). The maximum Gasteiger partial charge on any atom is 0.240 e. The van der Waals surface area contributed by atoms with Gasteiger partial charge in [-0.25, -0.2) is 13.1 Å². The van der Waals surface area contributed by atoms with Crippen molar-refractivity contribution in [2.45, 2.75) is 17.9 Å². The quantitative estimate of drug-likeness (QED) is 0.783. The molecule has 0 aliphatic carbocycles. The molecule has 0 bridgehead atoms. The second kappa shape index (κ2) is 6.00. The van der Waals surface area contributed by atoms with Crippen LogP contribution in [0.15, 0.2) is 29.2 Å². The monoisotopic (exact) mass is 258 g/mol. The molecular weight excluding hydrogens is 240 g/mol. The van der Waals surface area contributed by atoms with Crippen LogP contribution in [0.25, 0.3) is 0 Å². The molecule has 0 spiro atoms. The lowest BCUT2D eigenvalue weighted by molar-refractivity contribution is 0.220. The van der Waals surface area contributed by atoms with Crippen LogP contribution in [0.5, 0.6) is 5.75 Å². The normalized spacial score (nSPS) is 13.4. The Morgan fingerprint density at radius 2 is 1.82 bits per heavy atom. The molecule has 0 fully saturated rings. The third-order valence-electron chi connectivity index (χ3n) is 2.23. The minimum Gasteiger partial charge on any atom is -0.489 e. The molecule has 6 heteroatoms. The molecule has 1 aromatic rings. The zero-order valence-electron chi connectivity index (χ0n) is 10.2. The summed E-state index contributed by atoms with van der Waals surface area (Å²) in [6, 6.07) is 6.34. The SMILES string of the molecule is CNCC(C)Oc1ccc(S(=O)(=O)NC)cc1. The minimum atomic E-state index is -3.37. The Labute approximate surface area is 102 Å². The topological polar surface area (TPSA) is 67.4 Å². The van der Waals surface area contributed by atoms with Crippen molar-refractivity contribution in [2.75, 3.05) is 20.6 Å². The van der Waals surface area contributed by atoms with Crippen LogP contribution in [0, 0.1) is 0 Å². The van der Waals surface area contributed by atoms with Gasteiger partial charge in [0.2, 0.25) is 10.0 Å². The van der Waals surface area contributed by atoms with Gasteiger partial charge >= 0.3 is 0 Å². The van der Waals surface area contributed by atoms with Crippen LogP contribution in [0.2, 0.25) is 0 Å². The molecule has 0 heterocycles. The van der Waals surface area contributed by atoms with Gasteiger partial charge in [0.15, 0.2) is 0 Å². The van der Waals surface area contributed by atoms with Crippen LogP contribution in [0.1, 0.15) is 6.92 Å². The molecule has 0 saturated carbocycles. The fourth-order valence-electron chi connectivity index (χ4n) is 1.38. The highest BCUT2D eigenvalue weighted by Gasteiger charge is 2.11. The molecule has 0 aromatic heterocycles. The van der Waals surface area contributed by atoms with Gasteiger partial charge in [0, 0.05) is 6.54 Å². The van der Waals surface area contributed by atoms with Gasteiger partial charge in [-0.15, -0.1) is 0 Å². The number of likely N-dealkylation sites (N-methyl/N-ethyl adjacent to an activating group) is 1. The number of hydrogen-bond donors (Lipinski definition) is 2. The van der Waals surface area contributed by atoms with Crippen molar-refractivity contribution in [1.29, 1.82) is 0 Å². The molecule has 17 heavy (non-hydrogen) atoms. The zero-order chi connectivity index (χ0) is 12.9. The van der Waals surface area contributed by atoms with Crippen molar-refractivity contribution in [2.24, 2.45) is 0 Å². The lowest BCUT2D eigenvalue weighted by Crippen LogP contribution is -2.26. The minimum absolute atomic E-state index is 0.0340. The summed E-state index contributed by atoms with van der Waals surface area (Å²) in [5.41, 5.74) is 0. The van der Waals surface area contributed by atoms with E-state index in [1.165, 1.54) is 19.2 Å². The van der Waals surface area contributed by atoms with E-state index in [9.17, 15) is 8.42 Å². The number of hydrogen-bond acceptors (Lipinski definition) is 4. The van der Waals surface area contributed by atoms with E-state index in [-0.39, 0.29) is 11.0 Å². The summed E-state index contributed by atoms with van der Waals surface area (Å²) in [5.74, 6) is 0.655. The van der Waals surface area contributed by atoms with Crippen molar-refractivity contribution in [3.05, 3.63) is 24.3 Å². The predicted octanol–water partition coefficient (Wildman–Crippen LogP) is 0.581. The highest BCUT2D eigenvalue weighted by Crippen LogP contribution is 2.16. The van der Waals surface area contributed by atoms with Gasteiger partial charge in [0.05, 0.1) is 4.90 Å². The maximum absolute atomic E-state index is 11.5. The first-order valence-electron chi connectivity index (χ1n) is 5.34. The van der Waals surface area contributed by atoms with E-state index in [1.54, 1.807) is 12.1 Å². The van der Waals surface area contributed by atoms with Gasteiger partial charge in [0.25, 0.3) is 0 Å². The molecule has 5 nitrogen and oxygen atoms in total. The largest absolute Gasteiger partial charge is 0.489 e. The van der Waals surface area contributed by atoms with Crippen molar-refractivity contribution >= 4 is 10.0 Å². The molecule has 1 atom stereocenters. The Balaban J connectivity index is 2.75. The van der Waals surface area contributed by atoms with Crippen molar-refractivity contribution in [1.82, 2.24) is 10.0 Å². The molecule has 0 aliphatic heterocycles. The molecule has 0 radical (unpaired) electrons. The molecule has 2 N–H and O–H groups in total. The van der Waals surface area contributed by atoms with Gasteiger partial charge in [-0.3, -0.25) is 0 Å². The van der Waals surface area contributed by atoms with Gasteiger partial charge in [-0.1, -0.05) is 0 Å². The van der Waals surface area contributed by atoms with E-state index >= 15 is 0 Å². The Morgan fingerprint density at radius 1 is 1.24 bits per heavy atom. The molecular formula is C11H18N2O3S. The fourth-order valence-corrected chi connectivity index (χ4v) is 2.11. The van der Waals surface area contributed by atoms with Crippen LogP contribution in [0.3, 0.4) is 0 Å². The first-order valence-corrected chi connectivity index (χ1v) is 6.83. The molecule has 1 aromatic carbocycles. The Kier molecular flexibility index (Phi) is 4.92. The van der Waals surface area contributed by atoms with Crippen LogP contribution >= 0.6 is 0 Å². The Hall–Kier alpha value is -1.11. The number of ether oxygens (including phenoxy) is 1. The Morgan fingerprint density at radius 3 is 2.29 bits per heavy atom. The summed E-state index contributed by atoms with van der Waals surface area (Å²) in [7, 11) is -0.138. The van der Waals surface area contributed by atoms with E-state index in [2.05, 4.69) is 10.0 Å². The standard InChI is InChI=1S/C11H18N2O3S/c1-9(8-12-2)16-10-4-6-11(7-5-10)17(14,15)13-3/h4-7,9,12-13H,8H2,1-3H3. The highest BCUT2D eigenvalue weighted by molar-refractivity contribution is 7.89. The highest BCUT2D eigenvalue weighted by atomic mass is 32.2. The summed E-state index contributed by atoms with van der Waals surface area (Å²) < 4.78 is 30.8. The van der Waals surface area contributed by atoms with E-state index in [0.717, 1.165) is 6.54 Å². The number of benzene rings is 1. The van der Waals surface area contributed by atoms with E-state index < -0.39 is 10.0 Å². The van der Waals surface area contributed by atoms with Gasteiger partial charge in [0.1, 0.15) is 11.9 Å². The summed E-state index contributed by atoms with van der Waals surface area (Å²) in [4.78, 5) is 0.230. The first-order chi connectivity index (χ1) is 7.99. The van der Waals surface area contributed by atoms with Gasteiger partial charge in [-0.05, 0) is 45.3 Å². The molecule has 0 saturated heterocycles. The maximum atomic E-state index is 11.5. The molecule has 1 unspecified atom stereocenters. The van der Waals surface area contributed by atoms with Crippen molar-refractivity contribution < 1.29 is 13.2 Å². The summed E-state index contributed by atoms with van der Waals surface area (Å²) >= 11 is 0. The third kappa shape index (κ3) is 3.99. The van der Waals surface area contributed by atoms with Crippen LogP contribution in [-0.2, 0) is 10.0 Å². The molecule has 0 amide bonds. The summed E-state index contributed by atoms with van der Waals surface area (Å²) in [6.07, 6.45) is 0.0340.